The van der Waals surface area contributed by atoms with Crippen LogP contribution >= 0.6 is 0 Å². The summed E-state index contributed by atoms with van der Waals surface area (Å²) in [5, 5.41) is 7.83. The van der Waals surface area contributed by atoms with E-state index in [0.29, 0.717) is 0 Å². The number of nitrogens with zero attached hydrogens (tertiary/aromatic N) is 3. The summed E-state index contributed by atoms with van der Waals surface area (Å²) in [5.41, 5.74) is 2.59. The van der Waals surface area contributed by atoms with Gasteiger partial charge in [-0.05, 0) is 51.4 Å². The SMILES string of the molecule is CC(C)(C)n1cc(CNCCc2ccncc2)cn1. The van der Waals surface area contributed by atoms with Gasteiger partial charge in [0.05, 0.1) is 11.7 Å². The Morgan fingerprint density at radius 3 is 2.53 bits per heavy atom. The van der Waals surface area contributed by atoms with E-state index in [1.54, 1.807) is 0 Å². The average molecular weight is 258 g/mol. The number of pyridine rings is 1. The molecule has 0 aliphatic heterocycles. The first-order chi connectivity index (χ1) is 9.05. The van der Waals surface area contributed by atoms with Gasteiger partial charge in [-0.1, -0.05) is 0 Å². The molecule has 0 spiro atoms. The fraction of sp³-hybridized carbons (Fsp3) is 0.467. The Morgan fingerprint density at radius 1 is 1.16 bits per heavy atom. The maximum Gasteiger partial charge on any atom is 0.0543 e. The molecule has 4 nitrogen and oxygen atoms in total. The largest absolute Gasteiger partial charge is 0.312 e. The van der Waals surface area contributed by atoms with Crippen LogP contribution in [0.2, 0.25) is 0 Å². The Labute approximate surface area is 114 Å². The summed E-state index contributed by atoms with van der Waals surface area (Å²) in [5.74, 6) is 0. The van der Waals surface area contributed by atoms with E-state index in [9.17, 15) is 0 Å². The van der Waals surface area contributed by atoms with Crippen molar-refractivity contribution in [1.29, 1.82) is 0 Å². The Hall–Kier alpha value is -1.68. The van der Waals surface area contributed by atoms with Crippen LogP contribution in [0, 0.1) is 0 Å². The minimum Gasteiger partial charge on any atom is -0.312 e. The van der Waals surface area contributed by atoms with E-state index in [1.165, 1.54) is 11.1 Å². The third kappa shape index (κ3) is 4.17. The quantitative estimate of drug-likeness (QED) is 0.837. The molecule has 4 heteroatoms. The maximum absolute atomic E-state index is 4.39. The van der Waals surface area contributed by atoms with Gasteiger partial charge in [0.2, 0.25) is 0 Å². The third-order valence-corrected chi connectivity index (χ3v) is 2.99. The molecule has 0 radical (unpaired) electrons. The molecule has 0 bridgehead atoms. The zero-order valence-electron chi connectivity index (χ0n) is 11.9. The molecule has 1 N–H and O–H groups in total. The van der Waals surface area contributed by atoms with Crippen LogP contribution < -0.4 is 5.32 Å². The van der Waals surface area contributed by atoms with Gasteiger partial charge in [-0.2, -0.15) is 5.10 Å². The molecule has 0 aliphatic carbocycles. The lowest BCUT2D eigenvalue weighted by Gasteiger charge is -2.18. The van der Waals surface area contributed by atoms with Gasteiger partial charge in [-0.15, -0.1) is 0 Å². The van der Waals surface area contributed by atoms with E-state index < -0.39 is 0 Å². The lowest BCUT2D eigenvalue weighted by atomic mass is 10.1. The predicted molar refractivity (Wildman–Crippen MR) is 76.9 cm³/mol. The van der Waals surface area contributed by atoms with Gasteiger partial charge in [-0.25, -0.2) is 0 Å². The summed E-state index contributed by atoms with van der Waals surface area (Å²) < 4.78 is 2.01. The smallest absolute Gasteiger partial charge is 0.0543 e. The molecule has 0 aliphatic rings. The molecule has 102 valence electrons. The standard InChI is InChI=1S/C15H22N4/c1-15(2,3)19-12-14(11-18-19)10-17-9-6-13-4-7-16-8-5-13/h4-5,7-8,11-12,17H,6,9-10H2,1-3H3. The Morgan fingerprint density at radius 2 is 1.89 bits per heavy atom. The van der Waals surface area contributed by atoms with Gasteiger partial charge < -0.3 is 5.32 Å². The highest BCUT2D eigenvalue weighted by molar-refractivity contribution is 5.10. The van der Waals surface area contributed by atoms with Crippen molar-refractivity contribution in [3.63, 3.8) is 0 Å². The average Bonchev–Trinajstić information content (AvgIpc) is 2.85. The number of hydrogen-bond acceptors (Lipinski definition) is 3. The zero-order chi connectivity index (χ0) is 13.7. The van der Waals surface area contributed by atoms with E-state index in [4.69, 9.17) is 0 Å². The van der Waals surface area contributed by atoms with E-state index in [2.05, 4.69) is 54.5 Å². The molecule has 0 amide bonds. The van der Waals surface area contributed by atoms with Crippen LogP contribution in [0.1, 0.15) is 31.9 Å². The molecular weight excluding hydrogens is 236 g/mol. The van der Waals surface area contributed by atoms with Crippen LogP contribution in [0.5, 0.6) is 0 Å². The minimum absolute atomic E-state index is 0.0509. The summed E-state index contributed by atoms with van der Waals surface area (Å²) in [6.07, 6.45) is 8.74. The van der Waals surface area contributed by atoms with Crippen molar-refractivity contribution in [3.05, 3.63) is 48.0 Å². The molecule has 0 saturated carbocycles. The fourth-order valence-electron chi connectivity index (χ4n) is 1.83. The van der Waals surface area contributed by atoms with Crippen LogP contribution in [0.3, 0.4) is 0 Å². The van der Waals surface area contributed by atoms with Crippen LogP contribution in [0.25, 0.3) is 0 Å². The zero-order valence-corrected chi connectivity index (χ0v) is 11.9. The molecule has 0 aromatic carbocycles. The molecule has 2 heterocycles. The van der Waals surface area contributed by atoms with Crippen LogP contribution in [-0.4, -0.2) is 21.3 Å². The van der Waals surface area contributed by atoms with E-state index in [-0.39, 0.29) is 5.54 Å². The number of aromatic nitrogens is 3. The van der Waals surface area contributed by atoms with Gasteiger partial charge in [0, 0.05) is 30.7 Å². The minimum atomic E-state index is 0.0509. The Kier molecular flexibility index (Phi) is 4.32. The summed E-state index contributed by atoms with van der Waals surface area (Å²) >= 11 is 0. The molecular formula is C15H22N4. The number of rotatable bonds is 5. The first kappa shape index (κ1) is 13.7. The van der Waals surface area contributed by atoms with Crippen molar-refractivity contribution >= 4 is 0 Å². The summed E-state index contributed by atoms with van der Waals surface area (Å²) in [7, 11) is 0. The second-order valence-electron chi connectivity index (χ2n) is 5.75. The van der Waals surface area contributed by atoms with E-state index in [1.807, 2.05) is 23.3 Å². The van der Waals surface area contributed by atoms with Crippen LogP contribution in [0.4, 0.5) is 0 Å². The summed E-state index contributed by atoms with van der Waals surface area (Å²) in [6.45, 7) is 8.29. The van der Waals surface area contributed by atoms with Crippen molar-refractivity contribution in [2.45, 2.75) is 39.3 Å². The Bertz CT molecular complexity index is 496. The normalized spacial score (nSPS) is 11.7. The molecule has 2 rings (SSSR count). The highest BCUT2D eigenvalue weighted by atomic mass is 15.3. The first-order valence-electron chi connectivity index (χ1n) is 6.69. The second-order valence-corrected chi connectivity index (χ2v) is 5.75. The van der Waals surface area contributed by atoms with Gasteiger partial charge in [-0.3, -0.25) is 9.67 Å². The van der Waals surface area contributed by atoms with Crippen molar-refractivity contribution in [1.82, 2.24) is 20.1 Å². The maximum atomic E-state index is 4.39. The first-order valence-corrected chi connectivity index (χ1v) is 6.69. The number of hydrogen-bond donors (Lipinski definition) is 1. The topological polar surface area (TPSA) is 42.7 Å². The fourth-order valence-corrected chi connectivity index (χ4v) is 1.83. The molecule has 2 aromatic rings. The third-order valence-electron chi connectivity index (χ3n) is 2.99. The number of nitrogens with one attached hydrogen (secondary N) is 1. The monoisotopic (exact) mass is 258 g/mol. The van der Waals surface area contributed by atoms with Crippen molar-refractivity contribution in [3.8, 4) is 0 Å². The molecule has 0 saturated heterocycles. The lowest BCUT2D eigenvalue weighted by Crippen LogP contribution is -2.22. The molecule has 19 heavy (non-hydrogen) atoms. The lowest BCUT2D eigenvalue weighted by molar-refractivity contribution is 0.355. The predicted octanol–water partition coefficient (Wildman–Crippen LogP) is 2.37. The molecule has 0 unspecified atom stereocenters. The van der Waals surface area contributed by atoms with Gasteiger partial charge in [0.15, 0.2) is 0 Å². The van der Waals surface area contributed by atoms with Crippen molar-refractivity contribution in [2.75, 3.05) is 6.54 Å². The van der Waals surface area contributed by atoms with Crippen LogP contribution in [0.15, 0.2) is 36.9 Å². The second kappa shape index (κ2) is 5.97. The molecule has 0 fully saturated rings. The highest BCUT2D eigenvalue weighted by Crippen LogP contribution is 2.12. The summed E-state index contributed by atoms with van der Waals surface area (Å²) in [6, 6.07) is 4.11. The van der Waals surface area contributed by atoms with Gasteiger partial charge >= 0.3 is 0 Å². The molecule has 2 aromatic heterocycles. The highest BCUT2D eigenvalue weighted by Gasteiger charge is 2.13. The van der Waals surface area contributed by atoms with Gasteiger partial charge in [0.1, 0.15) is 0 Å². The van der Waals surface area contributed by atoms with Crippen molar-refractivity contribution in [2.24, 2.45) is 0 Å². The summed E-state index contributed by atoms with van der Waals surface area (Å²) in [4.78, 5) is 4.02. The van der Waals surface area contributed by atoms with Crippen molar-refractivity contribution < 1.29 is 0 Å². The van der Waals surface area contributed by atoms with E-state index in [0.717, 1.165) is 19.5 Å². The van der Waals surface area contributed by atoms with E-state index >= 15 is 0 Å². The van der Waals surface area contributed by atoms with Crippen LogP contribution in [-0.2, 0) is 18.5 Å². The van der Waals surface area contributed by atoms with Gasteiger partial charge in [0.25, 0.3) is 0 Å². The Balaban J connectivity index is 1.76. The molecule has 0 atom stereocenters.